The summed E-state index contributed by atoms with van der Waals surface area (Å²) in [6, 6.07) is 1.89. The van der Waals surface area contributed by atoms with Crippen molar-refractivity contribution in [1.29, 1.82) is 0 Å². The molecule has 1 aromatic rings. The standard InChI is InChI=1S/C13H18ClFN2O3S/c1-13(2)10(6-11(13)20-3)17-21(18,19)9-5-7(16)4-8(14)12(9)15/h4-5,10-11,17H,6,16H2,1-3H3. The van der Waals surface area contributed by atoms with Crippen molar-refractivity contribution < 1.29 is 17.5 Å². The molecule has 8 heteroatoms. The van der Waals surface area contributed by atoms with Crippen LogP contribution in [0.1, 0.15) is 20.3 Å². The first-order valence-corrected chi connectivity index (χ1v) is 8.25. The Kier molecular flexibility index (Phi) is 4.23. The predicted molar refractivity (Wildman–Crippen MR) is 79.1 cm³/mol. The van der Waals surface area contributed by atoms with Gasteiger partial charge in [0.25, 0.3) is 0 Å². The maximum absolute atomic E-state index is 14.0. The summed E-state index contributed by atoms with van der Waals surface area (Å²) in [6.45, 7) is 3.78. The number of hydrogen-bond donors (Lipinski definition) is 2. The molecule has 1 aliphatic rings. The lowest BCUT2D eigenvalue weighted by Gasteiger charge is -2.50. The molecule has 5 nitrogen and oxygen atoms in total. The largest absolute Gasteiger partial charge is 0.399 e. The van der Waals surface area contributed by atoms with Crippen LogP contribution < -0.4 is 10.5 Å². The van der Waals surface area contributed by atoms with Gasteiger partial charge in [-0.05, 0) is 18.6 Å². The van der Waals surface area contributed by atoms with Crippen molar-refractivity contribution in [3.8, 4) is 0 Å². The fourth-order valence-electron chi connectivity index (χ4n) is 2.52. The average molecular weight is 337 g/mol. The number of halogens is 2. The molecule has 0 radical (unpaired) electrons. The maximum atomic E-state index is 14.0. The van der Waals surface area contributed by atoms with Gasteiger partial charge in [-0.25, -0.2) is 17.5 Å². The molecule has 0 heterocycles. The van der Waals surface area contributed by atoms with Crippen molar-refractivity contribution in [3.63, 3.8) is 0 Å². The van der Waals surface area contributed by atoms with Crippen LogP contribution in [0.5, 0.6) is 0 Å². The van der Waals surface area contributed by atoms with E-state index in [1.807, 2.05) is 13.8 Å². The highest BCUT2D eigenvalue weighted by atomic mass is 35.5. The van der Waals surface area contributed by atoms with Crippen molar-refractivity contribution in [1.82, 2.24) is 4.72 Å². The molecular formula is C13H18ClFN2O3S. The van der Waals surface area contributed by atoms with Crippen LogP contribution in [0, 0.1) is 11.2 Å². The summed E-state index contributed by atoms with van der Waals surface area (Å²) in [5.41, 5.74) is 5.25. The van der Waals surface area contributed by atoms with Gasteiger partial charge in [-0.3, -0.25) is 0 Å². The van der Waals surface area contributed by atoms with Gasteiger partial charge in [0.1, 0.15) is 4.90 Å². The summed E-state index contributed by atoms with van der Waals surface area (Å²) < 4.78 is 46.4. The Hall–Kier alpha value is -0.890. The monoisotopic (exact) mass is 336 g/mol. The van der Waals surface area contributed by atoms with Crippen LogP contribution in [0.15, 0.2) is 17.0 Å². The van der Waals surface area contributed by atoms with Crippen molar-refractivity contribution in [2.45, 2.75) is 37.3 Å². The summed E-state index contributed by atoms with van der Waals surface area (Å²) >= 11 is 5.64. The lowest BCUT2D eigenvalue weighted by molar-refractivity contribution is -0.0908. The number of ether oxygens (including phenoxy) is 1. The van der Waals surface area contributed by atoms with Gasteiger partial charge >= 0.3 is 0 Å². The Labute approximate surface area is 128 Å². The Morgan fingerprint density at radius 1 is 1.48 bits per heavy atom. The molecule has 1 fully saturated rings. The van der Waals surface area contributed by atoms with Gasteiger partial charge in [0, 0.05) is 24.3 Å². The van der Waals surface area contributed by atoms with Gasteiger partial charge in [0.2, 0.25) is 10.0 Å². The van der Waals surface area contributed by atoms with E-state index in [-0.39, 0.29) is 28.3 Å². The molecule has 0 amide bonds. The van der Waals surface area contributed by atoms with Crippen LogP contribution in [0.4, 0.5) is 10.1 Å². The van der Waals surface area contributed by atoms with E-state index in [4.69, 9.17) is 22.1 Å². The second kappa shape index (κ2) is 5.39. The van der Waals surface area contributed by atoms with E-state index in [0.29, 0.717) is 6.42 Å². The molecule has 3 N–H and O–H groups in total. The van der Waals surface area contributed by atoms with Gasteiger partial charge in [-0.15, -0.1) is 0 Å². The van der Waals surface area contributed by atoms with E-state index in [0.717, 1.165) is 6.07 Å². The summed E-state index contributed by atoms with van der Waals surface area (Å²) in [7, 11) is -2.47. The zero-order valence-corrected chi connectivity index (χ0v) is 13.6. The molecule has 0 aliphatic heterocycles. The number of hydrogen-bond acceptors (Lipinski definition) is 4. The Morgan fingerprint density at radius 3 is 2.62 bits per heavy atom. The number of anilines is 1. The van der Waals surface area contributed by atoms with E-state index in [1.54, 1.807) is 7.11 Å². The maximum Gasteiger partial charge on any atom is 0.243 e. The summed E-state index contributed by atoms with van der Waals surface area (Å²) in [4.78, 5) is -0.538. The number of nitrogens with one attached hydrogen (secondary N) is 1. The molecule has 118 valence electrons. The smallest absolute Gasteiger partial charge is 0.243 e. The van der Waals surface area contributed by atoms with Gasteiger partial charge in [-0.2, -0.15) is 0 Å². The summed E-state index contributed by atoms with van der Waals surface area (Å²) in [5.74, 6) is -1.00. The molecule has 2 atom stereocenters. The molecule has 0 aromatic heterocycles. The average Bonchev–Trinajstić information content (AvgIpc) is 2.38. The Bertz CT molecular complexity index is 664. The minimum absolute atomic E-state index is 0.0422. The lowest BCUT2D eigenvalue weighted by atomic mass is 9.65. The van der Waals surface area contributed by atoms with Gasteiger partial charge in [-0.1, -0.05) is 25.4 Å². The van der Waals surface area contributed by atoms with Crippen molar-refractivity contribution in [2.24, 2.45) is 5.41 Å². The molecule has 0 bridgehead atoms. The number of rotatable bonds is 4. The van der Waals surface area contributed by atoms with Gasteiger partial charge in [0.05, 0.1) is 11.1 Å². The van der Waals surface area contributed by atoms with E-state index >= 15 is 0 Å². The minimum Gasteiger partial charge on any atom is -0.399 e. The fourth-order valence-corrected chi connectivity index (χ4v) is 4.34. The quantitative estimate of drug-likeness (QED) is 0.825. The second-order valence-electron chi connectivity index (χ2n) is 5.77. The fraction of sp³-hybridized carbons (Fsp3) is 0.538. The zero-order chi connectivity index (χ0) is 16.0. The van der Waals surface area contributed by atoms with Crippen LogP contribution in [0.25, 0.3) is 0 Å². The molecule has 2 rings (SSSR count). The minimum atomic E-state index is -4.04. The number of methoxy groups -OCH3 is 1. The molecular weight excluding hydrogens is 319 g/mol. The molecule has 1 aliphatic carbocycles. The second-order valence-corrected chi connectivity index (χ2v) is 7.86. The number of nitrogen functional groups attached to an aromatic ring is 1. The first-order valence-electron chi connectivity index (χ1n) is 6.39. The Balaban J connectivity index is 2.29. The molecule has 0 saturated heterocycles. The molecule has 0 spiro atoms. The van der Waals surface area contributed by atoms with E-state index in [1.165, 1.54) is 6.07 Å². The van der Waals surface area contributed by atoms with E-state index in [9.17, 15) is 12.8 Å². The first kappa shape index (κ1) is 16.5. The molecule has 21 heavy (non-hydrogen) atoms. The third kappa shape index (κ3) is 2.88. The highest BCUT2D eigenvalue weighted by Gasteiger charge is 2.50. The molecule has 1 saturated carbocycles. The predicted octanol–water partition coefficient (Wildman–Crippen LogP) is 2.15. The van der Waals surface area contributed by atoms with Crippen molar-refractivity contribution in [3.05, 3.63) is 23.0 Å². The third-order valence-corrected chi connectivity index (χ3v) is 5.81. The lowest BCUT2D eigenvalue weighted by Crippen LogP contribution is -2.61. The van der Waals surface area contributed by atoms with Crippen LogP contribution >= 0.6 is 11.6 Å². The van der Waals surface area contributed by atoms with E-state index in [2.05, 4.69) is 4.72 Å². The SMILES string of the molecule is COC1CC(NS(=O)(=O)c2cc(N)cc(Cl)c2F)C1(C)C. The number of sulfonamides is 1. The zero-order valence-electron chi connectivity index (χ0n) is 12.0. The molecule has 2 unspecified atom stereocenters. The third-order valence-electron chi connectivity index (χ3n) is 4.07. The summed E-state index contributed by atoms with van der Waals surface area (Å²) in [6.07, 6.45) is 0.486. The Morgan fingerprint density at radius 2 is 2.10 bits per heavy atom. The van der Waals surface area contributed by atoms with Crippen LogP contribution in [0.2, 0.25) is 5.02 Å². The van der Waals surface area contributed by atoms with Gasteiger partial charge < -0.3 is 10.5 Å². The highest BCUT2D eigenvalue weighted by molar-refractivity contribution is 7.89. The van der Waals surface area contributed by atoms with E-state index < -0.39 is 20.7 Å². The highest BCUT2D eigenvalue weighted by Crippen LogP contribution is 2.43. The van der Waals surface area contributed by atoms with Crippen molar-refractivity contribution >= 4 is 27.3 Å². The van der Waals surface area contributed by atoms with Crippen LogP contribution in [0.3, 0.4) is 0 Å². The van der Waals surface area contributed by atoms with Crippen molar-refractivity contribution in [2.75, 3.05) is 12.8 Å². The topological polar surface area (TPSA) is 81.4 Å². The van der Waals surface area contributed by atoms with Gasteiger partial charge in [0.15, 0.2) is 5.82 Å². The summed E-state index contributed by atoms with van der Waals surface area (Å²) in [5, 5.41) is -0.321. The number of benzene rings is 1. The molecule has 1 aromatic carbocycles. The number of nitrogens with two attached hydrogens (primary N) is 1. The van der Waals surface area contributed by atoms with Crippen LogP contribution in [-0.4, -0.2) is 27.7 Å². The normalized spacial score (nSPS) is 24.6. The van der Waals surface area contributed by atoms with Crippen LogP contribution in [-0.2, 0) is 14.8 Å². The first-order chi connectivity index (χ1) is 9.59.